The van der Waals surface area contributed by atoms with E-state index in [4.69, 9.17) is 15.7 Å². The molecule has 0 unspecified atom stereocenters. The van der Waals surface area contributed by atoms with Crippen LogP contribution in [0.1, 0.15) is 60.5 Å². The number of para-hydroxylation sites is 2. The number of fused-ring (bicyclic) bond motifs is 2. The molecule has 4 aromatic rings. The van der Waals surface area contributed by atoms with Gasteiger partial charge >= 0.3 is 0 Å². The molecule has 2 aromatic carbocycles. The van der Waals surface area contributed by atoms with Crippen LogP contribution in [0.4, 0.5) is 5.82 Å². The van der Waals surface area contributed by atoms with Gasteiger partial charge in [-0.3, -0.25) is 4.79 Å². The molecular weight excluding hydrogens is 412 g/mol. The minimum absolute atomic E-state index is 0.229. The number of unbranched alkanes of at least 4 members (excludes halogenated alkanes) is 4. The molecule has 0 bridgehead atoms. The van der Waals surface area contributed by atoms with Gasteiger partial charge in [0, 0.05) is 6.54 Å². The molecular formula is C26H30N6O. The van der Waals surface area contributed by atoms with Gasteiger partial charge < -0.3 is 11.1 Å². The van der Waals surface area contributed by atoms with Crippen LogP contribution < -0.4 is 11.1 Å². The molecule has 0 fully saturated rings. The topological polar surface area (TPSA) is 98.2 Å². The maximum Gasteiger partial charge on any atom is 0.257 e. The minimum Gasteiger partial charge on any atom is -0.383 e. The van der Waals surface area contributed by atoms with E-state index in [0.29, 0.717) is 28.8 Å². The number of carbonyl (C=O) groups excluding carboxylic acids is 1. The van der Waals surface area contributed by atoms with E-state index >= 15 is 0 Å². The molecule has 0 atom stereocenters. The first kappa shape index (κ1) is 22.5. The highest BCUT2D eigenvalue weighted by molar-refractivity contribution is 6.10. The second kappa shape index (κ2) is 10.3. The van der Waals surface area contributed by atoms with Crippen molar-refractivity contribution in [3.8, 4) is 0 Å². The third kappa shape index (κ3) is 5.03. The van der Waals surface area contributed by atoms with E-state index in [2.05, 4.69) is 17.3 Å². The van der Waals surface area contributed by atoms with Gasteiger partial charge in [-0.1, -0.05) is 74.6 Å². The maximum atomic E-state index is 13.1. The Labute approximate surface area is 193 Å². The molecule has 33 heavy (non-hydrogen) atoms. The van der Waals surface area contributed by atoms with Gasteiger partial charge in [-0.15, -0.1) is 0 Å². The molecule has 0 aliphatic carbocycles. The van der Waals surface area contributed by atoms with E-state index < -0.39 is 0 Å². The fraction of sp³-hybridized carbons (Fsp3) is 0.308. The van der Waals surface area contributed by atoms with Crippen molar-refractivity contribution >= 4 is 40.1 Å². The number of amides is 1. The summed E-state index contributed by atoms with van der Waals surface area (Å²) in [5.74, 6) is -0.0187. The standard InChI is InChI=1S/C26H30N6O/c1-3-4-5-6-9-15-28-26(33)22-23-25(31-21-14-8-7-13-20(21)30-23)32(24(22)27)29-17-19-12-10-11-18(2)16-19/h7-8,10-14,16-17H,3-6,9,15,27H2,1-2H3,(H,28,33)/b29-17-. The van der Waals surface area contributed by atoms with Gasteiger partial charge in [0.05, 0.1) is 17.2 Å². The average molecular weight is 443 g/mol. The third-order valence-electron chi connectivity index (χ3n) is 5.63. The first-order valence-electron chi connectivity index (χ1n) is 11.5. The Hall–Kier alpha value is -3.74. The van der Waals surface area contributed by atoms with Crippen molar-refractivity contribution in [3.63, 3.8) is 0 Å². The molecule has 0 saturated heterocycles. The highest BCUT2D eigenvalue weighted by Gasteiger charge is 2.23. The number of benzene rings is 2. The number of hydrogen-bond acceptors (Lipinski definition) is 5. The van der Waals surface area contributed by atoms with E-state index in [1.165, 1.54) is 23.9 Å². The molecule has 7 nitrogen and oxygen atoms in total. The summed E-state index contributed by atoms with van der Waals surface area (Å²) >= 11 is 0. The second-order valence-electron chi connectivity index (χ2n) is 8.29. The molecule has 1 amide bonds. The number of aromatic nitrogens is 3. The lowest BCUT2D eigenvalue weighted by Crippen LogP contribution is -2.25. The zero-order valence-corrected chi connectivity index (χ0v) is 19.2. The molecule has 0 saturated carbocycles. The summed E-state index contributed by atoms with van der Waals surface area (Å²) < 4.78 is 1.51. The van der Waals surface area contributed by atoms with Crippen molar-refractivity contribution in [3.05, 3.63) is 65.2 Å². The summed E-state index contributed by atoms with van der Waals surface area (Å²) in [6.07, 6.45) is 7.34. The van der Waals surface area contributed by atoms with Crippen LogP contribution in [0.2, 0.25) is 0 Å². The Bertz CT molecular complexity index is 1310. The first-order valence-corrected chi connectivity index (χ1v) is 11.5. The normalized spacial score (nSPS) is 11.6. The molecule has 7 heteroatoms. The monoisotopic (exact) mass is 442 g/mol. The van der Waals surface area contributed by atoms with Crippen LogP contribution in [0.3, 0.4) is 0 Å². The minimum atomic E-state index is -0.248. The fourth-order valence-corrected chi connectivity index (χ4v) is 3.88. The number of anilines is 1. The lowest BCUT2D eigenvalue weighted by atomic mass is 10.1. The number of carbonyl (C=O) groups is 1. The fourth-order valence-electron chi connectivity index (χ4n) is 3.88. The predicted octanol–water partition coefficient (Wildman–Crippen LogP) is 5.06. The van der Waals surface area contributed by atoms with Gasteiger partial charge in [0.2, 0.25) is 0 Å². The predicted molar refractivity (Wildman–Crippen MR) is 135 cm³/mol. The highest BCUT2D eigenvalue weighted by atomic mass is 16.1. The second-order valence-corrected chi connectivity index (χ2v) is 8.29. The zero-order valence-electron chi connectivity index (χ0n) is 19.2. The summed E-state index contributed by atoms with van der Waals surface area (Å²) in [6, 6.07) is 15.6. The molecule has 4 rings (SSSR count). The number of hydrogen-bond donors (Lipinski definition) is 2. The van der Waals surface area contributed by atoms with E-state index in [0.717, 1.165) is 29.5 Å². The smallest absolute Gasteiger partial charge is 0.257 e. The lowest BCUT2D eigenvalue weighted by molar-refractivity contribution is 0.0955. The number of nitrogens with one attached hydrogen (secondary N) is 1. The Morgan fingerprint density at radius 2 is 1.82 bits per heavy atom. The number of nitrogens with zero attached hydrogens (tertiary/aromatic N) is 4. The quantitative estimate of drug-likeness (QED) is 0.280. The van der Waals surface area contributed by atoms with Crippen molar-refractivity contribution in [2.24, 2.45) is 5.10 Å². The third-order valence-corrected chi connectivity index (χ3v) is 5.63. The molecule has 170 valence electrons. The molecule has 0 aliphatic heterocycles. The van der Waals surface area contributed by atoms with Crippen LogP contribution >= 0.6 is 0 Å². The van der Waals surface area contributed by atoms with Crippen molar-refractivity contribution in [1.29, 1.82) is 0 Å². The molecule has 0 spiro atoms. The van der Waals surface area contributed by atoms with Gasteiger partial charge in [0.1, 0.15) is 16.9 Å². The zero-order chi connectivity index (χ0) is 23.2. The number of nitrogens with two attached hydrogens (primary N) is 1. The van der Waals surface area contributed by atoms with Crippen molar-refractivity contribution in [1.82, 2.24) is 20.0 Å². The van der Waals surface area contributed by atoms with Crippen LogP contribution in [0.25, 0.3) is 22.2 Å². The molecule has 2 aromatic heterocycles. The molecule has 0 aliphatic rings. The van der Waals surface area contributed by atoms with Gasteiger partial charge in [-0.25, -0.2) is 9.97 Å². The van der Waals surface area contributed by atoms with Crippen molar-refractivity contribution in [2.45, 2.75) is 46.0 Å². The number of aryl methyl sites for hydroxylation is 1. The summed E-state index contributed by atoms with van der Waals surface area (Å²) in [5, 5.41) is 7.57. The Morgan fingerprint density at radius 3 is 2.58 bits per heavy atom. The summed E-state index contributed by atoms with van der Waals surface area (Å²) in [4.78, 5) is 22.6. The van der Waals surface area contributed by atoms with Crippen molar-refractivity contribution < 1.29 is 4.79 Å². The Morgan fingerprint density at radius 1 is 1.06 bits per heavy atom. The van der Waals surface area contributed by atoms with Gasteiger partial charge in [-0.2, -0.15) is 9.78 Å². The average Bonchev–Trinajstić information content (AvgIpc) is 3.08. The Kier molecular flexibility index (Phi) is 6.98. The Balaban J connectivity index is 1.70. The van der Waals surface area contributed by atoms with Gasteiger partial charge in [0.25, 0.3) is 5.91 Å². The van der Waals surface area contributed by atoms with Crippen LogP contribution in [-0.4, -0.2) is 33.3 Å². The maximum absolute atomic E-state index is 13.1. The van der Waals surface area contributed by atoms with Gasteiger partial charge in [0.15, 0.2) is 5.65 Å². The van der Waals surface area contributed by atoms with E-state index in [1.807, 2.05) is 55.5 Å². The van der Waals surface area contributed by atoms with Crippen molar-refractivity contribution in [2.75, 3.05) is 12.3 Å². The van der Waals surface area contributed by atoms with E-state index in [1.54, 1.807) is 6.21 Å². The van der Waals surface area contributed by atoms with E-state index in [9.17, 15) is 4.79 Å². The van der Waals surface area contributed by atoms with Crippen LogP contribution in [0, 0.1) is 6.92 Å². The van der Waals surface area contributed by atoms with Gasteiger partial charge in [-0.05, 0) is 31.0 Å². The molecule has 2 heterocycles. The summed E-state index contributed by atoms with van der Waals surface area (Å²) in [5.41, 5.74) is 11.2. The van der Waals surface area contributed by atoms with Crippen LogP contribution in [0.15, 0.2) is 53.6 Å². The van der Waals surface area contributed by atoms with E-state index in [-0.39, 0.29) is 11.7 Å². The largest absolute Gasteiger partial charge is 0.383 e. The SMILES string of the molecule is CCCCCCCNC(=O)c1c(N)n(/N=C\c2cccc(C)c2)c2nc3ccccc3nc12. The summed E-state index contributed by atoms with van der Waals surface area (Å²) in [6.45, 7) is 4.81. The molecule has 3 N–H and O–H groups in total. The van der Waals surface area contributed by atoms with Crippen LogP contribution in [-0.2, 0) is 0 Å². The summed E-state index contributed by atoms with van der Waals surface area (Å²) in [7, 11) is 0. The van der Waals surface area contributed by atoms with Crippen LogP contribution in [0.5, 0.6) is 0 Å². The number of nitrogen functional groups attached to an aromatic ring is 1. The lowest BCUT2D eigenvalue weighted by Gasteiger charge is -2.05. The molecule has 0 radical (unpaired) electrons. The highest BCUT2D eigenvalue weighted by Crippen LogP contribution is 2.27. The first-order chi connectivity index (χ1) is 16.1. The number of rotatable bonds is 9.